The fourth-order valence-corrected chi connectivity index (χ4v) is 11.0. The molecule has 0 bridgehead atoms. The largest absolute Gasteiger partial charge is 0.393 e. The number of aliphatic hydroxyl groups is 2. The van der Waals surface area contributed by atoms with E-state index in [2.05, 4.69) is 55.4 Å². The van der Waals surface area contributed by atoms with E-state index < -0.39 is 6.10 Å². The Bertz CT molecular complexity index is 900. The molecular formula is C30H48O3. The summed E-state index contributed by atoms with van der Waals surface area (Å²) in [5, 5.41) is 22.7. The van der Waals surface area contributed by atoms with Gasteiger partial charge >= 0.3 is 0 Å². The highest BCUT2D eigenvalue weighted by Gasteiger charge is 2.69. The van der Waals surface area contributed by atoms with Gasteiger partial charge in [0.1, 0.15) is 0 Å². The maximum Gasteiger partial charge on any atom is 0.159 e. The Kier molecular flexibility index (Phi) is 5.07. The smallest absolute Gasteiger partial charge is 0.159 e. The van der Waals surface area contributed by atoms with E-state index in [9.17, 15) is 15.0 Å². The molecule has 186 valence electrons. The van der Waals surface area contributed by atoms with Crippen LogP contribution in [-0.4, -0.2) is 28.2 Å². The molecule has 0 aliphatic heterocycles. The van der Waals surface area contributed by atoms with Crippen molar-refractivity contribution in [3.63, 3.8) is 0 Å². The van der Waals surface area contributed by atoms with Crippen molar-refractivity contribution < 1.29 is 15.0 Å². The molecule has 5 aliphatic carbocycles. The van der Waals surface area contributed by atoms with Crippen molar-refractivity contribution in [3.8, 4) is 0 Å². The van der Waals surface area contributed by atoms with Crippen molar-refractivity contribution >= 4 is 5.78 Å². The second-order valence-corrected chi connectivity index (χ2v) is 14.7. The van der Waals surface area contributed by atoms with E-state index in [4.69, 9.17) is 0 Å². The summed E-state index contributed by atoms with van der Waals surface area (Å²) in [6.45, 7) is 18.7. The molecule has 5 aliphatic rings. The summed E-state index contributed by atoms with van der Waals surface area (Å²) in [6, 6.07) is 0. The molecule has 33 heavy (non-hydrogen) atoms. The fourth-order valence-electron chi connectivity index (χ4n) is 11.0. The lowest BCUT2D eigenvalue weighted by Crippen LogP contribution is -2.63. The van der Waals surface area contributed by atoms with Gasteiger partial charge in [0.25, 0.3) is 0 Å². The average molecular weight is 457 g/mol. The minimum Gasteiger partial charge on any atom is -0.393 e. The summed E-state index contributed by atoms with van der Waals surface area (Å²) < 4.78 is 0. The van der Waals surface area contributed by atoms with Crippen molar-refractivity contribution in [2.24, 2.45) is 50.7 Å². The maximum absolute atomic E-state index is 14.1. The molecule has 5 rings (SSSR count). The van der Waals surface area contributed by atoms with Crippen LogP contribution in [0.25, 0.3) is 0 Å². The van der Waals surface area contributed by atoms with Gasteiger partial charge in [-0.3, -0.25) is 4.79 Å². The van der Waals surface area contributed by atoms with Crippen LogP contribution in [0.3, 0.4) is 0 Å². The van der Waals surface area contributed by atoms with Crippen LogP contribution >= 0.6 is 0 Å². The van der Waals surface area contributed by atoms with Crippen LogP contribution in [0.5, 0.6) is 0 Å². The number of rotatable bonds is 1. The number of hydrogen-bond donors (Lipinski definition) is 2. The first-order valence-electron chi connectivity index (χ1n) is 13.8. The predicted molar refractivity (Wildman–Crippen MR) is 132 cm³/mol. The molecule has 9 atom stereocenters. The van der Waals surface area contributed by atoms with Crippen molar-refractivity contribution in [3.05, 3.63) is 11.1 Å². The van der Waals surface area contributed by atoms with Crippen LogP contribution in [0.4, 0.5) is 0 Å². The van der Waals surface area contributed by atoms with Crippen LogP contribution in [0.15, 0.2) is 11.1 Å². The third kappa shape index (κ3) is 2.73. The fraction of sp³-hybridized carbons (Fsp3) is 0.900. The number of Topliss-reactive ketones (excluding diaryl/α,β-unsaturated/α-hetero) is 1. The Morgan fingerprint density at radius 3 is 2.18 bits per heavy atom. The zero-order valence-corrected chi connectivity index (χ0v) is 22.4. The topological polar surface area (TPSA) is 57.5 Å². The highest BCUT2D eigenvalue weighted by molar-refractivity contribution is 5.99. The van der Waals surface area contributed by atoms with Crippen molar-refractivity contribution in [1.82, 2.24) is 0 Å². The summed E-state index contributed by atoms with van der Waals surface area (Å²) in [7, 11) is 0. The minimum absolute atomic E-state index is 0.0511. The quantitative estimate of drug-likeness (QED) is 0.485. The van der Waals surface area contributed by atoms with Crippen molar-refractivity contribution in [2.75, 3.05) is 0 Å². The molecule has 3 fully saturated rings. The van der Waals surface area contributed by atoms with Gasteiger partial charge in [0.05, 0.1) is 12.2 Å². The summed E-state index contributed by atoms with van der Waals surface area (Å²) in [5.74, 6) is 2.34. The van der Waals surface area contributed by atoms with Gasteiger partial charge in [-0.25, -0.2) is 0 Å². The van der Waals surface area contributed by atoms with E-state index in [1.165, 1.54) is 19.3 Å². The molecule has 0 heterocycles. The first-order valence-corrected chi connectivity index (χ1v) is 13.8. The second-order valence-electron chi connectivity index (χ2n) is 14.7. The zero-order valence-electron chi connectivity index (χ0n) is 22.4. The molecule has 0 radical (unpaired) electrons. The molecule has 3 heteroatoms. The number of fused-ring (bicyclic) bond motifs is 6. The molecular weight excluding hydrogens is 408 g/mol. The third-order valence-corrected chi connectivity index (χ3v) is 12.9. The maximum atomic E-state index is 14.1. The minimum atomic E-state index is -0.540. The number of hydrogen-bond acceptors (Lipinski definition) is 3. The number of allylic oxidation sites excluding steroid dienone is 1. The van der Waals surface area contributed by atoms with Crippen LogP contribution in [-0.2, 0) is 4.79 Å². The van der Waals surface area contributed by atoms with Crippen LogP contribution in [0, 0.1) is 50.7 Å². The lowest BCUT2D eigenvalue weighted by Gasteiger charge is -2.67. The molecule has 0 saturated heterocycles. The first-order chi connectivity index (χ1) is 15.1. The molecule has 0 aromatic rings. The zero-order chi connectivity index (χ0) is 24.4. The number of aliphatic hydroxyl groups excluding tert-OH is 2. The average Bonchev–Trinajstić information content (AvgIpc) is 3.07. The van der Waals surface area contributed by atoms with E-state index in [1.54, 1.807) is 0 Å². The highest BCUT2D eigenvalue weighted by Crippen LogP contribution is 2.75. The summed E-state index contributed by atoms with van der Waals surface area (Å²) in [5.41, 5.74) is 1.67. The van der Waals surface area contributed by atoms with Gasteiger partial charge in [0, 0.05) is 17.4 Å². The van der Waals surface area contributed by atoms with E-state index >= 15 is 0 Å². The monoisotopic (exact) mass is 456 g/mol. The number of ketones is 1. The van der Waals surface area contributed by atoms with Gasteiger partial charge in [0.15, 0.2) is 5.78 Å². The molecule has 0 spiro atoms. The van der Waals surface area contributed by atoms with Crippen molar-refractivity contribution in [2.45, 2.75) is 119 Å². The molecule has 0 aromatic heterocycles. The standard InChI is InChI=1S/C30H48O3/c1-17(2)18-9-10-21-27(18,5)13-14-29(7)25-19(31)15-22-26(3,4)23(33)11-12-28(22,6)24(25)20(32)16-30(21,29)8/h17-18,20-23,32-33H,9-16H2,1-8H3. The Morgan fingerprint density at radius 1 is 0.879 bits per heavy atom. The van der Waals surface area contributed by atoms with Gasteiger partial charge < -0.3 is 10.2 Å². The Balaban J connectivity index is 1.66. The number of carbonyl (C=O) groups excluding carboxylic acids is 1. The SMILES string of the molecule is CC(C)C1CCC2C1(C)CCC1(C)C3=C(C(O)CC21C)C1(C)CCC(O)C(C)(C)C1CC3=O. The first kappa shape index (κ1) is 24.0. The molecule has 0 aromatic carbocycles. The lowest BCUT2D eigenvalue weighted by atomic mass is 9.37. The Morgan fingerprint density at radius 2 is 1.55 bits per heavy atom. The Hall–Kier alpha value is -0.670. The Labute approximate surface area is 201 Å². The van der Waals surface area contributed by atoms with Crippen LogP contribution < -0.4 is 0 Å². The lowest BCUT2D eigenvalue weighted by molar-refractivity contribution is -0.156. The van der Waals surface area contributed by atoms with E-state index in [-0.39, 0.29) is 39.5 Å². The molecule has 2 N–H and O–H groups in total. The van der Waals surface area contributed by atoms with Gasteiger partial charge in [-0.2, -0.15) is 0 Å². The van der Waals surface area contributed by atoms with Crippen LogP contribution in [0.2, 0.25) is 0 Å². The van der Waals surface area contributed by atoms with Crippen LogP contribution in [0.1, 0.15) is 107 Å². The molecule has 9 unspecified atom stereocenters. The summed E-state index contributed by atoms with van der Waals surface area (Å²) in [4.78, 5) is 14.1. The van der Waals surface area contributed by atoms with Gasteiger partial charge in [-0.05, 0) is 95.9 Å². The van der Waals surface area contributed by atoms with Gasteiger partial charge in [-0.1, -0.05) is 55.4 Å². The second kappa shape index (κ2) is 6.96. The summed E-state index contributed by atoms with van der Waals surface area (Å²) in [6.07, 6.45) is 6.77. The summed E-state index contributed by atoms with van der Waals surface area (Å²) >= 11 is 0. The molecule has 0 amide bonds. The van der Waals surface area contributed by atoms with Gasteiger partial charge in [-0.15, -0.1) is 0 Å². The highest BCUT2D eigenvalue weighted by atomic mass is 16.3. The van der Waals surface area contributed by atoms with E-state index in [1.807, 2.05) is 0 Å². The molecule has 3 saturated carbocycles. The van der Waals surface area contributed by atoms with E-state index in [0.29, 0.717) is 23.7 Å². The predicted octanol–water partition coefficient (Wildman–Crippen LogP) is 6.32. The normalized spacial score (nSPS) is 53.4. The molecule has 3 nitrogen and oxygen atoms in total. The van der Waals surface area contributed by atoms with Crippen molar-refractivity contribution in [1.29, 1.82) is 0 Å². The number of carbonyl (C=O) groups is 1. The van der Waals surface area contributed by atoms with Gasteiger partial charge in [0.2, 0.25) is 0 Å². The third-order valence-electron chi connectivity index (χ3n) is 12.9. The van der Waals surface area contributed by atoms with E-state index in [0.717, 1.165) is 42.7 Å².